The summed E-state index contributed by atoms with van der Waals surface area (Å²) in [6, 6.07) is 0. The molecule has 0 aliphatic heterocycles. The second-order valence-corrected chi connectivity index (χ2v) is 7.20. The molecule has 13 heavy (non-hydrogen) atoms. The molecule has 0 aliphatic rings. The van der Waals surface area contributed by atoms with Gasteiger partial charge in [-0.25, -0.2) is 13.1 Å². The first-order valence-electron chi connectivity index (χ1n) is 4.16. The SMILES string of the molecule is CC(C)(CO)NS(=O)(=O)C(C)(C)C. The van der Waals surface area contributed by atoms with Gasteiger partial charge < -0.3 is 5.11 Å². The van der Waals surface area contributed by atoms with Crippen molar-refractivity contribution in [2.45, 2.75) is 44.9 Å². The van der Waals surface area contributed by atoms with Gasteiger partial charge in [-0.3, -0.25) is 0 Å². The summed E-state index contributed by atoms with van der Waals surface area (Å²) in [6.07, 6.45) is 0. The molecule has 0 saturated heterocycles. The first kappa shape index (κ1) is 12.9. The van der Waals surface area contributed by atoms with Crippen molar-refractivity contribution >= 4 is 10.0 Å². The van der Waals surface area contributed by atoms with Crippen molar-refractivity contribution in [3.63, 3.8) is 0 Å². The lowest BCUT2D eigenvalue weighted by Crippen LogP contribution is -2.51. The molecule has 2 N–H and O–H groups in total. The average molecular weight is 209 g/mol. The Morgan fingerprint density at radius 2 is 1.54 bits per heavy atom. The molecule has 0 saturated carbocycles. The molecule has 0 aromatic carbocycles. The highest BCUT2D eigenvalue weighted by Crippen LogP contribution is 2.16. The van der Waals surface area contributed by atoms with Crippen molar-refractivity contribution < 1.29 is 13.5 Å². The van der Waals surface area contributed by atoms with Crippen molar-refractivity contribution in [1.82, 2.24) is 4.72 Å². The predicted octanol–water partition coefficient (Wildman–Crippen LogP) is 0.475. The van der Waals surface area contributed by atoms with Crippen LogP contribution < -0.4 is 4.72 Å². The van der Waals surface area contributed by atoms with E-state index in [1.165, 1.54) is 0 Å². The zero-order chi connectivity index (χ0) is 10.9. The molecular formula is C8H19NO3S. The van der Waals surface area contributed by atoms with E-state index >= 15 is 0 Å². The van der Waals surface area contributed by atoms with Crippen LogP contribution in [-0.4, -0.2) is 30.4 Å². The van der Waals surface area contributed by atoms with Gasteiger partial charge in [0.1, 0.15) is 0 Å². The first-order valence-corrected chi connectivity index (χ1v) is 5.64. The number of aliphatic hydroxyl groups is 1. The molecule has 5 heteroatoms. The summed E-state index contributed by atoms with van der Waals surface area (Å²) in [5.41, 5.74) is -0.799. The summed E-state index contributed by atoms with van der Waals surface area (Å²) in [5.74, 6) is 0. The van der Waals surface area contributed by atoms with Gasteiger partial charge in [-0.15, -0.1) is 0 Å². The third-order valence-corrected chi connectivity index (χ3v) is 4.05. The minimum absolute atomic E-state index is 0.220. The van der Waals surface area contributed by atoms with E-state index in [-0.39, 0.29) is 6.61 Å². The van der Waals surface area contributed by atoms with Crippen molar-refractivity contribution in [2.75, 3.05) is 6.61 Å². The highest BCUT2D eigenvalue weighted by atomic mass is 32.2. The van der Waals surface area contributed by atoms with Gasteiger partial charge in [-0.05, 0) is 34.6 Å². The second kappa shape index (κ2) is 3.55. The molecule has 4 nitrogen and oxygen atoms in total. The smallest absolute Gasteiger partial charge is 0.217 e. The zero-order valence-corrected chi connectivity index (χ0v) is 9.70. The third-order valence-electron chi connectivity index (χ3n) is 1.61. The quantitative estimate of drug-likeness (QED) is 0.710. The Morgan fingerprint density at radius 3 is 1.77 bits per heavy atom. The van der Waals surface area contributed by atoms with Gasteiger partial charge in [0.2, 0.25) is 10.0 Å². The topological polar surface area (TPSA) is 66.4 Å². The van der Waals surface area contributed by atoms with Crippen molar-refractivity contribution in [3.05, 3.63) is 0 Å². The Morgan fingerprint density at radius 1 is 1.15 bits per heavy atom. The summed E-state index contributed by atoms with van der Waals surface area (Å²) >= 11 is 0. The van der Waals surface area contributed by atoms with Crippen molar-refractivity contribution in [3.8, 4) is 0 Å². The fraction of sp³-hybridized carbons (Fsp3) is 1.00. The second-order valence-electron chi connectivity index (χ2n) is 4.76. The standard InChI is InChI=1S/C8H19NO3S/c1-7(2,3)13(11,12)9-8(4,5)6-10/h9-10H,6H2,1-5H3. The van der Waals surface area contributed by atoms with E-state index in [1.54, 1.807) is 34.6 Å². The number of nitrogens with one attached hydrogen (secondary N) is 1. The van der Waals surface area contributed by atoms with E-state index in [4.69, 9.17) is 5.11 Å². The Balaban J connectivity index is 4.74. The maximum Gasteiger partial charge on any atom is 0.217 e. The van der Waals surface area contributed by atoms with Crippen molar-refractivity contribution in [1.29, 1.82) is 0 Å². The summed E-state index contributed by atoms with van der Waals surface area (Å²) in [5, 5.41) is 8.90. The zero-order valence-electron chi connectivity index (χ0n) is 8.88. The Kier molecular flexibility index (Phi) is 3.52. The highest BCUT2D eigenvalue weighted by molar-refractivity contribution is 7.90. The lowest BCUT2D eigenvalue weighted by Gasteiger charge is -2.28. The van der Waals surface area contributed by atoms with E-state index in [1.807, 2.05) is 0 Å². The van der Waals surface area contributed by atoms with Crippen LogP contribution in [0.4, 0.5) is 0 Å². The summed E-state index contributed by atoms with van der Waals surface area (Å²) in [6.45, 7) is 7.89. The van der Waals surface area contributed by atoms with Gasteiger partial charge in [0.15, 0.2) is 0 Å². The Bertz CT molecular complexity index is 262. The lowest BCUT2D eigenvalue weighted by atomic mass is 10.1. The van der Waals surface area contributed by atoms with Crippen LogP contribution in [0.25, 0.3) is 0 Å². The first-order chi connectivity index (χ1) is 5.52. The molecule has 0 amide bonds. The van der Waals surface area contributed by atoms with Gasteiger partial charge in [0.25, 0.3) is 0 Å². The van der Waals surface area contributed by atoms with Crippen LogP contribution in [0.15, 0.2) is 0 Å². The van der Waals surface area contributed by atoms with Crippen LogP contribution in [0.3, 0.4) is 0 Å². The van der Waals surface area contributed by atoms with Gasteiger partial charge >= 0.3 is 0 Å². The summed E-state index contributed by atoms with van der Waals surface area (Å²) < 4.78 is 24.8. The highest BCUT2D eigenvalue weighted by Gasteiger charge is 2.33. The molecule has 0 rings (SSSR count). The van der Waals surface area contributed by atoms with Crippen LogP contribution in [0.2, 0.25) is 0 Å². The minimum atomic E-state index is -3.38. The van der Waals surface area contributed by atoms with Gasteiger partial charge in [0, 0.05) is 0 Å². The molecule has 0 heterocycles. The number of aliphatic hydroxyl groups excluding tert-OH is 1. The van der Waals surface area contributed by atoms with Crippen molar-refractivity contribution in [2.24, 2.45) is 0 Å². The number of rotatable bonds is 3. The van der Waals surface area contributed by atoms with E-state index in [9.17, 15) is 8.42 Å². The predicted molar refractivity (Wildman–Crippen MR) is 53.0 cm³/mol. The monoisotopic (exact) mass is 209 g/mol. The average Bonchev–Trinajstić information content (AvgIpc) is 1.83. The number of hydrogen-bond acceptors (Lipinski definition) is 3. The third kappa shape index (κ3) is 3.62. The molecule has 0 aliphatic carbocycles. The van der Waals surface area contributed by atoms with Gasteiger partial charge in [-0.1, -0.05) is 0 Å². The van der Waals surface area contributed by atoms with E-state index < -0.39 is 20.3 Å². The molecule has 0 bridgehead atoms. The largest absolute Gasteiger partial charge is 0.394 e. The number of hydrogen-bond donors (Lipinski definition) is 2. The lowest BCUT2D eigenvalue weighted by molar-refractivity contribution is 0.207. The van der Waals surface area contributed by atoms with E-state index in [0.717, 1.165) is 0 Å². The molecule has 0 unspecified atom stereocenters. The van der Waals surface area contributed by atoms with Crippen LogP contribution in [0, 0.1) is 0 Å². The fourth-order valence-corrected chi connectivity index (χ4v) is 1.65. The molecule has 0 atom stereocenters. The van der Waals surface area contributed by atoms with Crippen LogP contribution in [0.5, 0.6) is 0 Å². The van der Waals surface area contributed by atoms with E-state index in [2.05, 4.69) is 4.72 Å². The maximum absolute atomic E-state index is 11.6. The molecule has 0 spiro atoms. The van der Waals surface area contributed by atoms with Crippen LogP contribution in [0.1, 0.15) is 34.6 Å². The summed E-state index contributed by atoms with van der Waals surface area (Å²) in [7, 11) is -3.38. The normalized spacial score (nSPS) is 14.6. The van der Waals surface area contributed by atoms with Crippen LogP contribution in [-0.2, 0) is 10.0 Å². The molecular weight excluding hydrogens is 190 g/mol. The molecule has 0 aromatic rings. The van der Waals surface area contributed by atoms with Gasteiger partial charge in [0.05, 0.1) is 16.9 Å². The summed E-state index contributed by atoms with van der Waals surface area (Å²) in [4.78, 5) is 0. The molecule has 0 radical (unpaired) electrons. The minimum Gasteiger partial charge on any atom is -0.394 e. The molecule has 80 valence electrons. The Hall–Kier alpha value is -0.130. The number of sulfonamides is 1. The maximum atomic E-state index is 11.6. The Labute approximate surface area is 80.4 Å². The van der Waals surface area contributed by atoms with E-state index in [0.29, 0.717) is 0 Å². The molecule has 0 fully saturated rings. The van der Waals surface area contributed by atoms with Gasteiger partial charge in [-0.2, -0.15) is 0 Å². The fourth-order valence-electron chi connectivity index (χ4n) is 0.549. The molecule has 0 aromatic heterocycles. The van der Waals surface area contributed by atoms with Crippen LogP contribution >= 0.6 is 0 Å².